The number of aryl methyl sites for hydroxylation is 1. The van der Waals surface area contributed by atoms with Crippen molar-refractivity contribution in [3.05, 3.63) is 35.6 Å². The van der Waals surface area contributed by atoms with E-state index in [1.807, 2.05) is 19.2 Å². The average molecular weight is 195 g/mol. The molecular weight excluding hydrogens is 177 g/mol. The SMILES string of the molecule is CNC(C)(C)CCc1ccc(F)cc1. The molecule has 0 spiro atoms. The number of hydrogen-bond donors (Lipinski definition) is 1. The van der Waals surface area contributed by atoms with Gasteiger partial charge in [0.25, 0.3) is 0 Å². The minimum Gasteiger partial charge on any atom is -0.315 e. The molecule has 1 N–H and O–H groups in total. The molecule has 1 aromatic carbocycles. The van der Waals surface area contributed by atoms with Gasteiger partial charge in [0.1, 0.15) is 5.82 Å². The monoisotopic (exact) mass is 195 g/mol. The smallest absolute Gasteiger partial charge is 0.123 e. The highest BCUT2D eigenvalue weighted by atomic mass is 19.1. The van der Waals surface area contributed by atoms with Crippen molar-refractivity contribution in [1.82, 2.24) is 5.32 Å². The lowest BCUT2D eigenvalue weighted by Gasteiger charge is -2.23. The van der Waals surface area contributed by atoms with Gasteiger partial charge in [-0.1, -0.05) is 12.1 Å². The maximum atomic E-state index is 12.6. The largest absolute Gasteiger partial charge is 0.315 e. The van der Waals surface area contributed by atoms with Crippen molar-refractivity contribution >= 4 is 0 Å². The van der Waals surface area contributed by atoms with Gasteiger partial charge in [0.05, 0.1) is 0 Å². The second-order valence-corrected chi connectivity index (χ2v) is 4.26. The number of benzene rings is 1. The molecule has 78 valence electrons. The van der Waals surface area contributed by atoms with Crippen LogP contribution in [0.2, 0.25) is 0 Å². The third-order valence-electron chi connectivity index (χ3n) is 2.63. The second kappa shape index (κ2) is 4.56. The molecule has 0 aliphatic carbocycles. The lowest BCUT2D eigenvalue weighted by molar-refractivity contribution is 0.393. The molecule has 0 heterocycles. The summed E-state index contributed by atoms with van der Waals surface area (Å²) < 4.78 is 12.6. The predicted octanol–water partition coefficient (Wildman–Crippen LogP) is 2.76. The van der Waals surface area contributed by atoms with Gasteiger partial charge in [-0.15, -0.1) is 0 Å². The third kappa shape index (κ3) is 3.46. The molecule has 2 heteroatoms. The Labute approximate surface area is 85.3 Å². The van der Waals surface area contributed by atoms with E-state index in [0.29, 0.717) is 0 Å². The second-order valence-electron chi connectivity index (χ2n) is 4.26. The Balaban J connectivity index is 2.50. The fourth-order valence-electron chi connectivity index (χ4n) is 1.23. The summed E-state index contributed by atoms with van der Waals surface area (Å²) in [5, 5.41) is 3.25. The van der Waals surface area contributed by atoms with Gasteiger partial charge in [0.2, 0.25) is 0 Å². The van der Waals surface area contributed by atoms with Gasteiger partial charge in [-0.25, -0.2) is 4.39 Å². The molecular formula is C12H18FN. The normalized spacial score (nSPS) is 11.7. The summed E-state index contributed by atoms with van der Waals surface area (Å²) in [6, 6.07) is 6.73. The van der Waals surface area contributed by atoms with Gasteiger partial charge >= 0.3 is 0 Å². The Kier molecular flexibility index (Phi) is 3.64. The van der Waals surface area contributed by atoms with E-state index < -0.39 is 0 Å². The molecule has 0 aromatic heterocycles. The first kappa shape index (κ1) is 11.2. The summed E-state index contributed by atoms with van der Waals surface area (Å²) in [5.74, 6) is -0.165. The maximum Gasteiger partial charge on any atom is 0.123 e. The summed E-state index contributed by atoms with van der Waals surface area (Å²) in [5.41, 5.74) is 1.34. The minimum absolute atomic E-state index is 0.147. The fourth-order valence-corrected chi connectivity index (χ4v) is 1.23. The zero-order chi connectivity index (χ0) is 10.6. The Morgan fingerprint density at radius 3 is 2.29 bits per heavy atom. The molecule has 0 atom stereocenters. The lowest BCUT2D eigenvalue weighted by Crippen LogP contribution is -2.36. The lowest BCUT2D eigenvalue weighted by atomic mass is 9.96. The molecule has 1 aromatic rings. The van der Waals surface area contributed by atoms with E-state index in [1.54, 1.807) is 0 Å². The molecule has 0 saturated heterocycles. The number of hydrogen-bond acceptors (Lipinski definition) is 1. The summed E-state index contributed by atoms with van der Waals surface area (Å²) in [6.45, 7) is 4.33. The zero-order valence-electron chi connectivity index (χ0n) is 9.10. The first-order chi connectivity index (χ1) is 6.53. The van der Waals surface area contributed by atoms with Crippen molar-refractivity contribution in [3.63, 3.8) is 0 Å². The minimum atomic E-state index is -0.165. The van der Waals surface area contributed by atoms with Crippen molar-refractivity contribution in [2.75, 3.05) is 7.05 Å². The van der Waals surface area contributed by atoms with Crippen LogP contribution in [0.5, 0.6) is 0 Å². The Hall–Kier alpha value is -0.890. The van der Waals surface area contributed by atoms with E-state index in [0.717, 1.165) is 12.8 Å². The molecule has 14 heavy (non-hydrogen) atoms. The maximum absolute atomic E-state index is 12.6. The molecule has 1 nitrogen and oxygen atoms in total. The van der Waals surface area contributed by atoms with Gasteiger partial charge < -0.3 is 5.32 Å². The Morgan fingerprint density at radius 1 is 1.21 bits per heavy atom. The van der Waals surface area contributed by atoms with E-state index in [2.05, 4.69) is 19.2 Å². The van der Waals surface area contributed by atoms with Crippen molar-refractivity contribution in [3.8, 4) is 0 Å². The molecule has 0 aliphatic heterocycles. The topological polar surface area (TPSA) is 12.0 Å². The highest BCUT2D eigenvalue weighted by molar-refractivity contribution is 5.16. The summed E-state index contributed by atoms with van der Waals surface area (Å²) in [7, 11) is 1.96. The van der Waals surface area contributed by atoms with Crippen LogP contribution in [0.15, 0.2) is 24.3 Å². The first-order valence-electron chi connectivity index (χ1n) is 4.97. The van der Waals surface area contributed by atoms with E-state index in [9.17, 15) is 4.39 Å². The van der Waals surface area contributed by atoms with E-state index >= 15 is 0 Å². The zero-order valence-corrected chi connectivity index (χ0v) is 9.10. The van der Waals surface area contributed by atoms with E-state index in [1.165, 1.54) is 17.7 Å². The van der Waals surface area contributed by atoms with E-state index in [-0.39, 0.29) is 11.4 Å². The van der Waals surface area contributed by atoms with Crippen molar-refractivity contribution in [2.45, 2.75) is 32.2 Å². The number of rotatable bonds is 4. The Morgan fingerprint density at radius 2 is 1.79 bits per heavy atom. The van der Waals surface area contributed by atoms with Crippen LogP contribution >= 0.6 is 0 Å². The molecule has 0 amide bonds. The van der Waals surface area contributed by atoms with Crippen LogP contribution in [-0.2, 0) is 6.42 Å². The first-order valence-corrected chi connectivity index (χ1v) is 4.97. The number of halogens is 1. The quantitative estimate of drug-likeness (QED) is 0.779. The summed E-state index contributed by atoms with van der Waals surface area (Å²) in [6.07, 6.45) is 2.03. The molecule has 0 fully saturated rings. The molecule has 0 unspecified atom stereocenters. The van der Waals surface area contributed by atoms with Crippen LogP contribution in [0.4, 0.5) is 4.39 Å². The summed E-state index contributed by atoms with van der Waals surface area (Å²) >= 11 is 0. The van der Waals surface area contributed by atoms with Crippen molar-refractivity contribution in [1.29, 1.82) is 0 Å². The van der Waals surface area contributed by atoms with Gasteiger partial charge in [-0.05, 0) is 51.4 Å². The molecule has 1 rings (SSSR count). The molecule has 0 saturated carbocycles. The van der Waals surface area contributed by atoms with Crippen molar-refractivity contribution < 1.29 is 4.39 Å². The summed E-state index contributed by atoms with van der Waals surface area (Å²) in [4.78, 5) is 0. The fraction of sp³-hybridized carbons (Fsp3) is 0.500. The predicted molar refractivity (Wildman–Crippen MR) is 57.9 cm³/mol. The Bertz CT molecular complexity index is 277. The highest BCUT2D eigenvalue weighted by Crippen LogP contribution is 2.13. The standard InChI is InChI=1S/C12H18FN/c1-12(2,14-3)9-8-10-4-6-11(13)7-5-10/h4-7,14H,8-9H2,1-3H3. The number of nitrogens with one attached hydrogen (secondary N) is 1. The van der Waals surface area contributed by atoms with Crippen LogP contribution in [0.3, 0.4) is 0 Å². The van der Waals surface area contributed by atoms with Crippen molar-refractivity contribution in [2.24, 2.45) is 0 Å². The average Bonchev–Trinajstić information content (AvgIpc) is 2.17. The highest BCUT2D eigenvalue weighted by Gasteiger charge is 2.13. The van der Waals surface area contributed by atoms with Crippen LogP contribution in [-0.4, -0.2) is 12.6 Å². The van der Waals surface area contributed by atoms with Crippen LogP contribution in [0.1, 0.15) is 25.8 Å². The van der Waals surface area contributed by atoms with Crippen LogP contribution in [0, 0.1) is 5.82 Å². The van der Waals surface area contributed by atoms with Gasteiger partial charge in [-0.3, -0.25) is 0 Å². The van der Waals surface area contributed by atoms with Gasteiger partial charge in [-0.2, -0.15) is 0 Å². The van der Waals surface area contributed by atoms with Gasteiger partial charge in [0.15, 0.2) is 0 Å². The van der Waals surface area contributed by atoms with Crippen LogP contribution < -0.4 is 5.32 Å². The molecule has 0 bridgehead atoms. The molecule has 0 aliphatic rings. The van der Waals surface area contributed by atoms with Crippen LogP contribution in [0.25, 0.3) is 0 Å². The van der Waals surface area contributed by atoms with E-state index in [4.69, 9.17) is 0 Å². The third-order valence-corrected chi connectivity index (χ3v) is 2.63. The van der Waals surface area contributed by atoms with Gasteiger partial charge in [0, 0.05) is 5.54 Å². The molecule has 0 radical (unpaired) electrons.